The molecule has 0 aromatic carbocycles. The number of carbonyl (C=O) groups excluding carboxylic acids is 3. The van der Waals surface area contributed by atoms with Gasteiger partial charge in [-0.1, -0.05) is 13.8 Å². The summed E-state index contributed by atoms with van der Waals surface area (Å²) >= 11 is 1.63. The molecule has 0 bridgehead atoms. The third-order valence-corrected chi connectivity index (χ3v) is 3.58. The molecule has 1 amide bonds. The van der Waals surface area contributed by atoms with Crippen LogP contribution < -0.4 is 5.32 Å². The topological polar surface area (TPSA) is 72.5 Å². The highest BCUT2D eigenvalue weighted by atomic mass is 32.2. The van der Waals surface area contributed by atoms with Crippen LogP contribution in [0.2, 0.25) is 0 Å². The molecule has 0 spiro atoms. The molecule has 20 heavy (non-hydrogen) atoms. The Bertz CT molecular complexity index is 320. The first-order valence-corrected chi connectivity index (χ1v) is 8.16. The van der Waals surface area contributed by atoms with Crippen molar-refractivity contribution in [2.45, 2.75) is 39.2 Å². The third-order valence-electron chi connectivity index (χ3n) is 2.93. The fraction of sp³-hybridized carbons (Fsp3) is 0.786. The number of aldehydes is 1. The lowest BCUT2D eigenvalue weighted by atomic mass is 9.99. The standard InChI is InChI=1S/C14H25NO4S/c1-10(2)9-12(14(18)19-3)15-13(17)11(5-7-16)6-8-20-4/h7,10-12H,5-6,8-9H2,1-4H3,(H,15,17)/t11-,12-/m0/s1. The highest BCUT2D eigenvalue weighted by Crippen LogP contribution is 2.13. The highest BCUT2D eigenvalue weighted by molar-refractivity contribution is 7.98. The molecule has 5 nitrogen and oxygen atoms in total. The quantitative estimate of drug-likeness (QED) is 0.491. The Kier molecular flexibility index (Phi) is 10.2. The van der Waals surface area contributed by atoms with Crippen LogP contribution >= 0.6 is 11.8 Å². The SMILES string of the molecule is COC(=O)[C@H](CC(C)C)NC(=O)[C@@H](CC=O)CCSC. The molecular weight excluding hydrogens is 278 g/mol. The number of nitrogens with one attached hydrogen (secondary N) is 1. The molecule has 0 aliphatic carbocycles. The minimum absolute atomic E-state index is 0.183. The maximum absolute atomic E-state index is 12.2. The highest BCUT2D eigenvalue weighted by Gasteiger charge is 2.26. The Hall–Kier alpha value is -1.04. The first-order valence-electron chi connectivity index (χ1n) is 6.77. The fourth-order valence-electron chi connectivity index (χ4n) is 1.85. The normalized spacial score (nSPS) is 13.7. The van der Waals surface area contributed by atoms with Crippen molar-refractivity contribution in [1.82, 2.24) is 5.32 Å². The largest absolute Gasteiger partial charge is 0.467 e. The van der Waals surface area contributed by atoms with Crippen LogP contribution in [0.3, 0.4) is 0 Å². The van der Waals surface area contributed by atoms with Gasteiger partial charge in [-0.15, -0.1) is 0 Å². The number of carbonyl (C=O) groups is 3. The zero-order valence-electron chi connectivity index (χ0n) is 12.7. The van der Waals surface area contributed by atoms with Crippen LogP contribution in [0.25, 0.3) is 0 Å². The average Bonchev–Trinajstić information content (AvgIpc) is 2.41. The van der Waals surface area contributed by atoms with Gasteiger partial charge in [0, 0.05) is 12.3 Å². The maximum atomic E-state index is 12.2. The molecule has 0 aliphatic heterocycles. The van der Waals surface area contributed by atoms with Crippen LogP contribution in [-0.4, -0.2) is 43.3 Å². The average molecular weight is 303 g/mol. The van der Waals surface area contributed by atoms with E-state index < -0.39 is 12.0 Å². The summed E-state index contributed by atoms with van der Waals surface area (Å²) in [6, 6.07) is -0.643. The maximum Gasteiger partial charge on any atom is 0.328 e. The van der Waals surface area contributed by atoms with E-state index in [0.29, 0.717) is 12.8 Å². The first kappa shape index (κ1) is 19.0. The van der Waals surface area contributed by atoms with Crippen LogP contribution in [0.4, 0.5) is 0 Å². The first-order chi connectivity index (χ1) is 9.46. The Morgan fingerprint density at radius 1 is 1.35 bits per heavy atom. The molecule has 2 atom stereocenters. The lowest BCUT2D eigenvalue weighted by Gasteiger charge is -2.21. The van der Waals surface area contributed by atoms with Gasteiger partial charge in [-0.25, -0.2) is 4.79 Å². The molecule has 0 aromatic rings. The predicted octanol–water partition coefficient (Wildman–Crippen LogP) is 1.65. The molecule has 0 radical (unpaired) electrons. The van der Waals surface area contributed by atoms with Gasteiger partial charge in [0.2, 0.25) is 5.91 Å². The van der Waals surface area contributed by atoms with E-state index in [0.717, 1.165) is 12.0 Å². The number of ether oxygens (including phenoxy) is 1. The number of thioether (sulfide) groups is 1. The molecule has 0 fully saturated rings. The van der Waals surface area contributed by atoms with Gasteiger partial charge in [-0.05, 0) is 30.8 Å². The van der Waals surface area contributed by atoms with Gasteiger partial charge in [0.05, 0.1) is 7.11 Å². The fourth-order valence-corrected chi connectivity index (χ4v) is 2.37. The smallest absolute Gasteiger partial charge is 0.328 e. The van der Waals surface area contributed by atoms with E-state index in [1.165, 1.54) is 7.11 Å². The third kappa shape index (κ3) is 7.53. The van der Waals surface area contributed by atoms with E-state index in [9.17, 15) is 14.4 Å². The van der Waals surface area contributed by atoms with Gasteiger partial charge in [0.15, 0.2) is 0 Å². The van der Waals surface area contributed by atoms with Gasteiger partial charge in [-0.3, -0.25) is 4.79 Å². The monoisotopic (exact) mass is 303 g/mol. The van der Waals surface area contributed by atoms with Crippen molar-refractivity contribution in [3.05, 3.63) is 0 Å². The summed E-state index contributed by atoms with van der Waals surface area (Å²) in [7, 11) is 1.30. The van der Waals surface area contributed by atoms with Crippen LogP contribution in [0.5, 0.6) is 0 Å². The second-order valence-electron chi connectivity index (χ2n) is 5.09. The van der Waals surface area contributed by atoms with Crippen molar-refractivity contribution in [1.29, 1.82) is 0 Å². The number of esters is 1. The van der Waals surface area contributed by atoms with Gasteiger partial charge in [0.1, 0.15) is 12.3 Å². The molecule has 0 rings (SSSR count). The van der Waals surface area contributed by atoms with E-state index in [1.54, 1.807) is 11.8 Å². The number of amides is 1. The number of hydrogen-bond acceptors (Lipinski definition) is 5. The van der Waals surface area contributed by atoms with E-state index in [2.05, 4.69) is 5.32 Å². The number of methoxy groups -OCH3 is 1. The van der Waals surface area contributed by atoms with Crippen molar-refractivity contribution in [2.24, 2.45) is 11.8 Å². The molecule has 0 saturated carbocycles. The molecular formula is C14H25NO4S. The second kappa shape index (κ2) is 10.7. The zero-order valence-corrected chi connectivity index (χ0v) is 13.5. The van der Waals surface area contributed by atoms with Gasteiger partial charge >= 0.3 is 5.97 Å². The van der Waals surface area contributed by atoms with Crippen molar-refractivity contribution in [3.63, 3.8) is 0 Å². The summed E-state index contributed by atoms with van der Waals surface area (Å²) in [5.41, 5.74) is 0. The lowest BCUT2D eigenvalue weighted by molar-refractivity contribution is -0.146. The summed E-state index contributed by atoms with van der Waals surface area (Å²) in [4.78, 5) is 34.5. The Morgan fingerprint density at radius 2 is 2.00 bits per heavy atom. The lowest BCUT2D eigenvalue weighted by Crippen LogP contribution is -2.45. The van der Waals surface area contributed by atoms with E-state index >= 15 is 0 Å². The zero-order chi connectivity index (χ0) is 15.5. The Morgan fingerprint density at radius 3 is 2.45 bits per heavy atom. The molecule has 6 heteroatoms. The van der Waals surface area contributed by atoms with Crippen molar-refractivity contribution in [2.75, 3.05) is 19.1 Å². The van der Waals surface area contributed by atoms with Crippen molar-refractivity contribution < 1.29 is 19.1 Å². The van der Waals surface area contributed by atoms with Crippen LogP contribution in [0, 0.1) is 11.8 Å². The minimum atomic E-state index is -0.643. The molecule has 0 saturated heterocycles. The number of rotatable bonds is 10. The summed E-state index contributed by atoms with van der Waals surface area (Å²) in [6.45, 7) is 3.94. The molecule has 116 valence electrons. The predicted molar refractivity (Wildman–Crippen MR) is 80.6 cm³/mol. The molecule has 0 unspecified atom stereocenters. The van der Waals surface area contributed by atoms with E-state index in [1.807, 2.05) is 20.1 Å². The second-order valence-corrected chi connectivity index (χ2v) is 6.08. The summed E-state index contributed by atoms with van der Waals surface area (Å²) in [6.07, 6.45) is 4.03. The number of hydrogen-bond donors (Lipinski definition) is 1. The van der Waals surface area contributed by atoms with Gasteiger partial charge < -0.3 is 14.8 Å². The van der Waals surface area contributed by atoms with Gasteiger partial charge in [0.25, 0.3) is 0 Å². The minimum Gasteiger partial charge on any atom is -0.467 e. The van der Waals surface area contributed by atoms with Crippen LogP contribution in [-0.2, 0) is 19.1 Å². The van der Waals surface area contributed by atoms with E-state index in [4.69, 9.17) is 4.74 Å². The Labute approximate surface area is 125 Å². The summed E-state index contributed by atoms with van der Waals surface area (Å²) in [5.74, 6) is -0.00252. The van der Waals surface area contributed by atoms with Crippen molar-refractivity contribution in [3.8, 4) is 0 Å². The summed E-state index contributed by atoms with van der Waals surface area (Å²) < 4.78 is 4.71. The molecule has 1 N–H and O–H groups in total. The van der Waals surface area contributed by atoms with Crippen LogP contribution in [0.1, 0.15) is 33.1 Å². The van der Waals surface area contributed by atoms with E-state index in [-0.39, 0.29) is 24.2 Å². The Balaban J connectivity index is 4.67. The molecule has 0 aliphatic rings. The summed E-state index contributed by atoms with van der Waals surface area (Å²) in [5, 5.41) is 2.71. The van der Waals surface area contributed by atoms with Crippen molar-refractivity contribution >= 4 is 29.9 Å². The van der Waals surface area contributed by atoms with Gasteiger partial charge in [-0.2, -0.15) is 11.8 Å². The molecule has 0 heterocycles. The van der Waals surface area contributed by atoms with Crippen LogP contribution in [0.15, 0.2) is 0 Å². The molecule has 0 aromatic heterocycles.